The molecule has 1 aromatic rings. The number of Topliss-reactive ketones (excluding diaryl/α,β-unsaturated/α-hetero) is 1. The van der Waals surface area contributed by atoms with Crippen LogP contribution in [0.25, 0.3) is 0 Å². The Labute approximate surface area is 105 Å². The average Bonchev–Trinajstić information content (AvgIpc) is 2.20. The highest BCUT2D eigenvalue weighted by molar-refractivity contribution is 5.81. The fraction of sp³-hybridized carbons (Fsp3) is 0.562. The van der Waals surface area contributed by atoms with E-state index >= 15 is 0 Å². The minimum Gasteiger partial charge on any atom is -0.299 e. The smallest absolute Gasteiger partial charge is 0.137 e. The van der Waals surface area contributed by atoms with Gasteiger partial charge in [0.05, 0.1) is 0 Å². The van der Waals surface area contributed by atoms with Gasteiger partial charge in [-0.05, 0) is 29.4 Å². The van der Waals surface area contributed by atoms with Crippen LogP contribution < -0.4 is 0 Å². The first-order valence-corrected chi connectivity index (χ1v) is 6.37. The van der Waals surface area contributed by atoms with Crippen LogP contribution in [0.4, 0.5) is 0 Å². The summed E-state index contributed by atoms with van der Waals surface area (Å²) in [4.78, 5) is 12.0. The van der Waals surface area contributed by atoms with Crippen molar-refractivity contribution >= 4 is 5.78 Å². The van der Waals surface area contributed by atoms with Crippen molar-refractivity contribution in [2.45, 2.75) is 47.5 Å². The second-order valence-corrected chi connectivity index (χ2v) is 6.11. The Bertz CT molecular complexity index is 385. The molecule has 0 saturated heterocycles. The molecule has 0 N–H and O–H groups in total. The quantitative estimate of drug-likeness (QED) is 0.761. The highest BCUT2D eigenvalue weighted by Crippen LogP contribution is 2.28. The first-order valence-electron chi connectivity index (χ1n) is 6.37. The number of carbonyl (C=O) groups excluding carboxylic acids is 1. The van der Waals surface area contributed by atoms with Crippen molar-refractivity contribution in [3.05, 3.63) is 35.4 Å². The van der Waals surface area contributed by atoms with Crippen molar-refractivity contribution in [1.82, 2.24) is 0 Å². The molecule has 17 heavy (non-hydrogen) atoms. The van der Waals surface area contributed by atoms with Gasteiger partial charge in [0.1, 0.15) is 5.78 Å². The molecular formula is C16H24O. The van der Waals surface area contributed by atoms with Gasteiger partial charge >= 0.3 is 0 Å². The summed E-state index contributed by atoms with van der Waals surface area (Å²) in [7, 11) is 0. The fourth-order valence-corrected chi connectivity index (χ4v) is 1.74. The molecule has 0 spiro atoms. The van der Waals surface area contributed by atoms with Gasteiger partial charge in [-0.3, -0.25) is 4.79 Å². The van der Waals surface area contributed by atoms with E-state index in [0.717, 1.165) is 0 Å². The molecule has 0 aliphatic rings. The van der Waals surface area contributed by atoms with E-state index in [-0.39, 0.29) is 5.41 Å². The first-order chi connectivity index (χ1) is 7.80. The van der Waals surface area contributed by atoms with E-state index in [1.807, 2.05) is 12.1 Å². The lowest BCUT2D eigenvalue weighted by molar-refractivity contribution is -0.120. The zero-order chi connectivity index (χ0) is 13.1. The lowest BCUT2D eigenvalue weighted by atomic mass is 9.78. The molecule has 94 valence electrons. The van der Waals surface area contributed by atoms with Gasteiger partial charge in [-0.2, -0.15) is 0 Å². The number of carbonyl (C=O) groups is 1. The van der Waals surface area contributed by atoms with Crippen LogP contribution in [0, 0.1) is 18.3 Å². The number of rotatable bonds is 4. The molecule has 0 aromatic heterocycles. The van der Waals surface area contributed by atoms with Crippen molar-refractivity contribution in [2.75, 3.05) is 0 Å². The zero-order valence-corrected chi connectivity index (χ0v) is 11.7. The summed E-state index contributed by atoms with van der Waals surface area (Å²) in [5.41, 5.74) is 2.59. The van der Waals surface area contributed by atoms with Crippen molar-refractivity contribution in [3.63, 3.8) is 0 Å². The monoisotopic (exact) mass is 232 g/mol. The van der Waals surface area contributed by atoms with Gasteiger partial charge in [-0.25, -0.2) is 0 Å². The second kappa shape index (κ2) is 5.48. The Balaban J connectivity index is 2.60. The van der Waals surface area contributed by atoms with Gasteiger partial charge in [0.15, 0.2) is 0 Å². The van der Waals surface area contributed by atoms with Crippen LogP contribution in [0.1, 0.15) is 45.2 Å². The maximum absolute atomic E-state index is 12.0. The molecule has 1 nitrogen and oxygen atoms in total. The third-order valence-electron chi connectivity index (χ3n) is 3.66. The Morgan fingerprint density at radius 2 is 1.82 bits per heavy atom. The maximum atomic E-state index is 12.0. The van der Waals surface area contributed by atoms with Crippen molar-refractivity contribution in [3.8, 4) is 0 Å². The minimum absolute atomic E-state index is 0.210. The fourth-order valence-electron chi connectivity index (χ4n) is 1.74. The molecular weight excluding hydrogens is 208 g/mol. The molecule has 0 fully saturated rings. The topological polar surface area (TPSA) is 17.1 Å². The summed E-state index contributed by atoms with van der Waals surface area (Å²) in [5.74, 6) is 0.778. The van der Waals surface area contributed by atoms with E-state index in [1.54, 1.807) is 0 Å². The molecule has 0 aliphatic heterocycles. The normalized spacial score (nSPS) is 13.5. The standard InChI is InChI=1S/C16H24O/c1-12-8-6-7-9-14(12)11-15(17)10-13(2)16(3,4)5/h6-9,13H,10-11H2,1-5H3. The van der Waals surface area contributed by atoms with Crippen LogP contribution >= 0.6 is 0 Å². The van der Waals surface area contributed by atoms with Gasteiger partial charge in [0, 0.05) is 12.8 Å². The summed E-state index contributed by atoms with van der Waals surface area (Å²) in [6.07, 6.45) is 1.25. The molecule has 1 heteroatoms. The van der Waals surface area contributed by atoms with E-state index < -0.39 is 0 Å². The molecule has 0 amide bonds. The minimum atomic E-state index is 0.210. The molecule has 1 unspecified atom stereocenters. The van der Waals surface area contributed by atoms with Crippen LogP contribution in [0.15, 0.2) is 24.3 Å². The molecule has 1 atom stereocenters. The van der Waals surface area contributed by atoms with Crippen LogP contribution in [0.3, 0.4) is 0 Å². The van der Waals surface area contributed by atoms with Crippen molar-refractivity contribution in [1.29, 1.82) is 0 Å². The number of benzene rings is 1. The van der Waals surface area contributed by atoms with Gasteiger partial charge in [-0.1, -0.05) is 52.0 Å². The molecule has 0 bridgehead atoms. The van der Waals surface area contributed by atoms with E-state index in [2.05, 4.69) is 46.8 Å². The molecule has 1 aromatic carbocycles. The Morgan fingerprint density at radius 1 is 1.24 bits per heavy atom. The lowest BCUT2D eigenvalue weighted by Crippen LogP contribution is -2.21. The average molecular weight is 232 g/mol. The van der Waals surface area contributed by atoms with E-state index in [1.165, 1.54) is 11.1 Å². The third kappa shape index (κ3) is 4.33. The van der Waals surface area contributed by atoms with Gasteiger partial charge in [-0.15, -0.1) is 0 Å². The first kappa shape index (κ1) is 14.0. The summed E-state index contributed by atoms with van der Waals surface area (Å²) in [6.45, 7) is 10.8. The highest BCUT2D eigenvalue weighted by Gasteiger charge is 2.22. The van der Waals surface area contributed by atoms with Gasteiger partial charge in [0.25, 0.3) is 0 Å². The van der Waals surface area contributed by atoms with Crippen LogP contribution in [0.2, 0.25) is 0 Å². The molecule has 0 aliphatic carbocycles. The third-order valence-corrected chi connectivity index (χ3v) is 3.66. The zero-order valence-electron chi connectivity index (χ0n) is 11.7. The van der Waals surface area contributed by atoms with Crippen LogP contribution in [-0.2, 0) is 11.2 Å². The Morgan fingerprint density at radius 3 is 2.35 bits per heavy atom. The van der Waals surface area contributed by atoms with E-state index in [0.29, 0.717) is 24.5 Å². The molecule has 0 saturated carbocycles. The van der Waals surface area contributed by atoms with Crippen LogP contribution in [0.5, 0.6) is 0 Å². The van der Waals surface area contributed by atoms with Crippen molar-refractivity contribution in [2.24, 2.45) is 11.3 Å². The van der Waals surface area contributed by atoms with Gasteiger partial charge < -0.3 is 0 Å². The second-order valence-electron chi connectivity index (χ2n) is 6.11. The predicted molar refractivity (Wildman–Crippen MR) is 73.1 cm³/mol. The number of ketones is 1. The van der Waals surface area contributed by atoms with Crippen LogP contribution in [-0.4, -0.2) is 5.78 Å². The number of hydrogen-bond acceptors (Lipinski definition) is 1. The summed E-state index contributed by atoms with van der Waals surface area (Å²) < 4.78 is 0. The summed E-state index contributed by atoms with van der Waals surface area (Å²) >= 11 is 0. The van der Waals surface area contributed by atoms with Crippen molar-refractivity contribution < 1.29 is 4.79 Å². The SMILES string of the molecule is Cc1ccccc1CC(=O)CC(C)C(C)(C)C. The lowest BCUT2D eigenvalue weighted by Gasteiger charge is -2.26. The number of aryl methyl sites for hydroxylation is 1. The largest absolute Gasteiger partial charge is 0.299 e. The molecule has 1 rings (SSSR count). The Hall–Kier alpha value is -1.11. The number of hydrogen-bond donors (Lipinski definition) is 0. The molecule has 0 heterocycles. The maximum Gasteiger partial charge on any atom is 0.137 e. The summed E-state index contributed by atoms with van der Waals surface area (Å²) in [6, 6.07) is 8.13. The van der Waals surface area contributed by atoms with E-state index in [4.69, 9.17) is 0 Å². The van der Waals surface area contributed by atoms with E-state index in [9.17, 15) is 4.79 Å². The van der Waals surface area contributed by atoms with Gasteiger partial charge in [0.2, 0.25) is 0 Å². The summed E-state index contributed by atoms with van der Waals surface area (Å²) in [5, 5.41) is 0. The Kier molecular flexibility index (Phi) is 4.50. The highest BCUT2D eigenvalue weighted by atomic mass is 16.1. The predicted octanol–water partition coefficient (Wildman–Crippen LogP) is 4.18. The molecule has 0 radical (unpaired) electrons.